The zero-order chi connectivity index (χ0) is 22.3. The zero-order valence-electron chi connectivity index (χ0n) is 16.7. The minimum Gasteiger partial charge on any atom is -0.326 e. The van der Waals surface area contributed by atoms with Gasteiger partial charge in [-0.05, 0) is 41.8 Å². The molecule has 0 aliphatic carbocycles. The maximum atomic E-state index is 12.4. The minimum absolute atomic E-state index is 0.0590. The van der Waals surface area contributed by atoms with Crippen molar-refractivity contribution in [1.82, 2.24) is 4.98 Å². The van der Waals surface area contributed by atoms with Crippen LogP contribution in [0.1, 0.15) is 25.7 Å². The van der Waals surface area contributed by atoms with Crippen LogP contribution in [0.2, 0.25) is 0 Å². The average molecular weight is 463 g/mol. The lowest BCUT2D eigenvalue weighted by molar-refractivity contribution is -0.115. The molecule has 32 heavy (non-hydrogen) atoms. The van der Waals surface area contributed by atoms with Gasteiger partial charge in [-0.25, -0.2) is 4.98 Å². The first-order valence-corrected chi connectivity index (χ1v) is 11.4. The summed E-state index contributed by atoms with van der Waals surface area (Å²) < 4.78 is 0. The molecule has 0 aliphatic heterocycles. The highest BCUT2D eigenvalue weighted by molar-refractivity contribution is 7.14. The lowest BCUT2D eigenvalue weighted by Gasteiger charge is -2.08. The van der Waals surface area contributed by atoms with Crippen LogP contribution in [-0.4, -0.2) is 22.7 Å². The van der Waals surface area contributed by atoms with Gasteiger partial charge in [0.2, 0.25) is 5.91 Å². The summed E-state index contributed by atoms with van der Waals surface area (Å²) in [5.74, 6) is -0.702. The second-order valence-corrected chi connectivity index (χ2v) is 8.51. The van der Waals surface area contributed by atoms with Crippen LogP contribution in [0.3, 0.4) is 0 Å². The van der Waals surface area contributed by atoms with Crippen molar-refractivity contribution < 1.29 is 14.4 Å². The number of thiophene rings is 1. The summed E-state index contributed by atoms with van der Waals surface area (Å²) >= 11 is 2.62. The fourth-order valence-electron chi connectivity index (χ4n) is 2.85. The van der Waals surface area contributed by atoms with Crippen molar-refractivity contribution >= 4 is 56.9 Å². The number of amides is 3. The van der Waals surface area contributed by atoms with Gasteiger partial charge in [0.05, 0.1) is 17.0 Å². The van der Waals surface area contributed by atoms with Gasteiger partial charge in [0.15, 0.2) is 5.13 Å². The summed E-state index contributed by atoms with van der Waals surface area (Å²) in [7, 11) is 0. The molecule has 0 spiro atoms. The number of rotatable bonds is 7. The maximum absolute atomic E-state index is 12.4. The third-order valence-corrected chi connectivity index (χ3v) is 5.97. The SMILES string of the molecule is O=C(Cc1csc(NC(=O)c2ccccc2)n1)Nc1cccc(NC(=O)c2cccs2)c1. The highest BCUT2D eigenvalue weighted by atomic mass is 32.1. The number of hydrogen-bond acceptors (Lipinski definition) is 6. The second kappa shape index (κ2) is 9.99. The van der Waals surface area contributed by atoms with Crippen molar-refractivity contribution in [2.75, 3.05) is 16.0 Å². The Morgan fingerprint density at radius 3 is 2.31 bits per heavy atom. The number of carbonyl (C=O) groups excluding carboxylic acids is 3. The van der Waals surface area contributed by atoms with Gasteiger partial charge in [-0.2, -0.15) is 0 Å². The molecule has 4 rings (SSSR count). The van der Waals surface area contributed by atoms with Gasteiger partial charge in [0.25, 0.3) is 11.8 Å². The Hall–Kier alpha value is -3.82. The lowest BCUT2D eigenvalue weighted by atomic mass is 10.2. The fraction of sp³-hybridized carbons (Fsp3) is 0.0435. The van der Waals surface area contributed by atoms with E-state index in [1.165, 1.54) is 22.7 Å². The molecule has 0 saturated carbocycles. The Morgan fingerprint density at radius 2 is 1.56 bits per heavy atom. The first-order chi connectivity index (χ1) is 15.6. The van der Waals surface area contributed by atoms with E-state index in [1.807, 2.05) is 17.5 Å². The molecule has 2 aromatic heterocycles. The molecule has 0 aliphatic rings. The molecule has 9 heteroatoms. The van der Waals surface area contributed by atoms with Crippen LogP contribution in [0.4, 0.5) is 16.5 Å². The Bertz CT molecular complexity index is 1240. The molecule has 0 radical (unpaired) electrons. The molecule has 2 heterocycles. The quantitative estimate of drug-likeness (QED) is 0.364. The van der Waals surface area contributed by atoms with Crippen LogP contribution in [0, 0.1) is 0 Å². The average Bonchev–Trinajstić information content (AvgIpc) is 3.47. The Kier molecular flexibility index (Phi) is 6.69. The van der Waals surface area contributed by atoms with E-state index >= 15 is 0 Å². The maximum Gasteiger partial charge on any atom is 0.265 e. The molecular formula is C23H18N4O3S2. The van der Waals surface area contributed by atoms with Crippen molar-refractivity contribution in [3.05, 3.63) is 93.6 Å². The van der Waals surface area contributed by atoms with Crippen molar-refractivity contribution in [2.24, 2.45) is 0 Å². The standard InChI is InChI=1S/C23H18N4O3S2/c28-20(13-18-14-32-23(26-18)27-21(29)15-6-2-1-3-7-15)24-16-8-4-9-17(12-16)25-22(30)19-10-5-11-31-19/h1-12,14H,13H2,(H,24,28)(H,25,30)(H,26,27,29). The molecule has 0 atom stereocenters. The van der Waals surface area contributed by atoms with Crippen LogP contribution in [0.5, 0.6) is 0 Å². The number of thiazole rings is 1. The topological polar surface area (TPSA) is 100 Å². The predicted molar refractivity (Wildman–Crippen MR) is 128 cm³/mol. The molecule has 2 aromatic carbocycles. The molecule has 7 nitrogen and oxygen atoms in total. The van der Waals surface area contributed by atoms with Gasteiger partial charge in [-0.15, -0.1) is 22.7 Å². The smallest absolute Gasteiger partial charge is 0.265 e. The molecule has 0 fully saturated rings. The van der Waals surface area contributed by atoms with Crippen LogP contribution in [-0.2, 0) is 11.2 Å². The van der Waals surface area contributed by atoms with Crippen molar-refractivity contribution in [1.29, 1.82) is 0 Å². The summed E-state index contributed by atoms with van der Waals surface area (Å²) in [6, 6.07) is 19.3. The van der Waals surface area contributed by atoms with Gasteiger partial charge in [-0.3, -0.25) is 19.7 Å². The second-order valence-electron chi connectivity index (χ2n) is 6.70. The third-order valence-electron chi connectivity index (χ3n) is 4.30. The van der Waals surface area contributed by atoms with E-state index in [4.69, 9.17) is 0 Å². The molecule has 3 amide bonds. The van der Waals surface area contributed by atoms with Gasteiger partial charge in [0.1, 0.15) is 0 Å². The minimum atomic E-state index is -0.252. The summed E-state index contributed by atoms with van der Waals surface area (Å²) in [6.07, 6.45) is 0.0590. The first-order valence-electron chi connectivity index (χ1n) is 9.62. The van der Waals surface area contributed by atoms with Gasteiger partial charge in [0, 0.05) is 22.3 Å². The van der Waals surface area contributed by atoms with Gasteiger partial charge < -0.3 is 10.6 Å². The Balaban J connectivity index is 1.32. The number of carbonyl (C=O) groups is 3. The molecular weight excluding hydrogens is 444 g/mol. The largest absolute Gasteiger partial charge is 0.326 e. The molecule has 3 N–H and O–H groups in total. The number of anilines is 3. The van der Waals surface area contributed by atoms with Crippen molar-refractivity contribution in [2.45, 2.75) is 6.42 Å². The van der Waals surface area contributed by atoms with E-state index in [1.54, 1.807) is 60.0 Å². The summed E-state index contributed by atoms with van der Waals surface area (Å²) in [6.45, 7) is 0. The Labute approximate surface area is 192 Å². The number of nitrogens with one attached hydrogen (secondary N) is 3. The number of benzene rings is 2. The molecule has 0 unspecified atom stereocenters. The zero-order valence-corrected chi connectivity index (χ0v) is 18.3. The van der Waals surface area contributed by atoms with E-state index < -0.39 is 0 Å². The first kappa shape index (κ1) is 21.4. The summed E-state index contributed by atoms with van der Waals surface area (Å²) in [4.78, 5) is 41.8. The van der Waals surface area contributed by atoms with E-state index in [0.717, 1.165) is 0 Å². The normalized spacial score (nSPS) is 10.4. The van der Waals surface area contributed by atoms with Crippen LogP contribution < -0.4 is 16.0 Å². The van der Waals surface area contributed by atoms with Crippen molar-refractivity contribution in [3.8, 4) is 0 Å². The fourth-order valence-corrected chi connectivity index (χ4v) is 4.17. The van der Waals surface area contributed by atoms with E-state index in [0.29, 0.717) is 32.6 Å². The van der Waals surface area contributed by atoms with Crippen LogP contribution >= 0.6 is 22.7 Å². The van der Waals surface area contributed by atoms with Crippen LogP contribution in [0.15, 0.2) is 77.5 Å². The third kappa shape index (κ3) is 5.65. The summed E-state index contributed by atoms with van der Waals surface area (Å²) in [5.41, 5.74) is 2.23. The van der Waals surface area contributed by atoms with Gasteiger partial charge >= 0.3 is 0 Å². The van der Waals surface area contributed by atoms with E-state index in [-0.39, 0.29) is 24.1 Å². The number of aromatic nitrogens is 1. The highest BCUT2D eigenvalue weighted by Gasteiger charge is 2.12. The number of nitrogens with zero attached hydrogens (tertiary/aromatic N) is 1. The van der Waals surface area contributed by atoms with E-state index in [2.05, 4.69) is 20.9 Å². The lowest BCUT2D eigenvalue weighted by Crippen LogP contribution is -2.16. The summed E-state index contributed by atoms with van der Waals surface area (Å²) in [5, 5.41) is 12.4. The monoisotopic (exact) mass is 462 g/mol. The molecule has 0 saturated heterocycles. The van der Waals surface area contributed by atoms with Crippen LogP contribution in [0.25, 0.3) is 0 Å². The highest BCUT2D eigenvalue weighted by Crippen LogP contribution is 2.20. The molecule has 160 valence electrons. The molecule has 0 bridgehead atoms. The molecule has 4 aromatic rings. The van der Waals surface area contributed by atoms with Crippen molar-refractivity contribution in [3.63, 3.8) is 0 Å². The van der Waals surface area contributed by atoms with Gasteiger partial charge in [-0.1, -0.05) is 30.3 Å². The number of hydrogen-bond donors (Lipinski definition) is 3. The predicted octanol–water partition coefficient (Wildman–Crippen LogP) is 4.89. The Morgan fingerprint density at radius 1 is 0.781 bits per heavy atom. The van der Waals surface area contributed by atoms with E-state index in [9.17, 15) is 14.4 Å².